The van der Waals surface area contributed by atoms with Crippen LogP contribution < -0.4 is 10.0 Å². The Balaban J connectivity index is 2.00. The Morgan fingerprint density at radius 2 is 2.05 bits per heavy atom. The van der Waals surface area contributed by atoms with E-state index >= 15 is 0 Å². The predicted molar refractivity (Wildman–Crippen MR) is 80.3 cm³/mol. The van der Waals surface area contributed by atoms with Crippen molar-refractivity contribution in [2.75, 3.05) is 13.6 Å². The molecule has 104 valence electrons. The van der Waals surface area contributed by atoms with Gasteiger partial charge in [-0.2, -0.15) is 0 Å². The van der Waals surface area contributed by atoms with E-state index in [1.165, 1.54) is 11.3 Å². The molecule has 2 N–H and O–H groups in total. The Morgan fingerprint density at radius 1 is 1.21 bits per heavy atom. The number of nitrogens with one attached hydrogen (secondary N) is 2. The van der Waals surface area contributed by atoms with Gasteiger partial charge in [-0.1, -0.05) is 6.07 Å². The van der Waals surface area contributed by atoms with Gasteiger partial charge in [-0.05, 0) is 43.6 Å². The van der Waals surface area contributed by atoms with Gasteiger partial charge >= 0.3 is 0 Å². The lowest BCUT2D eigenvalue weighted by Crippen LogP contribution is -2.21. The quantitative estimate of drug-likeness (QED) is 0.822. The summed E-state index contributed by atoms with van der Waals surface area (Å²) in [6, 6.07) is 7.38. The topological polar surface area (TPSA) is 58.2 Å². The molecule has 0 aliphatic heterocycles. The van der Waals surface area contributed by atoms with Crippen molar-refractivity contribution in [3.63, 3.8) is 0 Å². The molecule has 0 saturated heterocycles. The summed E-state index contributed by atoms with van der Waals surface area (Å²) in [6.07, 6.45) is 0.849. The van der Waals surface area contributed by atoms with Crippen LogP contribution in [0.2, 0.25) is 0 Å². The van der Waals surface area contributed by atoms with Crippen LogP contribution in [0.25, 0.3) is 0 Å². The summed E-state index contributed by atoms with van der Waals surface area (Å²) in [5.74, 6) is 0. The van der Waals surface area contributed by atoms with Crippen LogP contribution in [0.4, 0.5) is 0 Å². The minimum atomic E-state index is -3.39. The molecule has 0 unspecified atom stereocenters. The molecular weight excluding hydrogens is 300 g/mol. The van der Waals surface area contributed by atoms with Gasteiger partial charge in [-0.15, -0.1) is 22.7 Å². The second-order valence-corrected chi connectivity index (χ2v) is 8.17. The van der Waals surface area contributed by atoms with Gasteiger partial charge < -0.3 is 5.32 Å². The number of thiophene rings is 2. The molecule has 7 heteroatoms. The Morgan fingerprint density at radius 3 is 2.74 bits per heavy atom. The third-order valence-electron chi connectivity index (χ3n) is 2.54. The summed E-state index contributed by atoms with van der Waals surface area (Å²) in [5, 5.41) is 4.99. The van der Waals surface area contributed by atoms with E-state index in [0.717, 1.165) is 22.7 Å². The maximum absolute atomic E-state index is 12.1. The van der Waals surface area contributed by atoms with Crippen molar-refractivity contribution in [3.05, 3.63) is 39.4 Å². The van der Waals surface area contributed by atoms with Crippen LogP contribution in [0, 0.1) is 0 Å². The first-order chi connectivity index (χ1) is 9.12. The van der Waals surface area contributed by atoms with Crippen LogP contribution in [-0.4, -0.2) is 22.0 Å². The van der Waals surface area contributed by atoms with E-state index in [-0.39, 0.29) is 0 Å². The van der Waals surface area contributed by atoms with Crippen molar-refractivity contribution in [3.8, 4) is 0 Å². The highest BCUT2D eigenvalue weighted by molar-refractivity contribution is 7.91. The molecule has 0 bridgehead atoms. The van der Waals surface area contributed by atoms with Crippen molar-refractivity contribution in [2.24, 2.45) is 0 Å². The van der Waals surface area contributed by atoms with Crippen molar-refractivity contribution in [2.45, 2.75) is 17.2 Å². The number of hydrogen-bond donors (Lipinski definition) is 2. The molecule has 0 aliphatic rings. The number of likely N-dealkylation sites (N-methyl/N-ethyl adjacent to an activating group) is 1. The standard InChI is InChI=1S/C12H16N2O2S3/c1-13-7-6-10-4-5-12(18-10)19(15,16)14-9-11-3-2-8-17-11/h2-5,8,13-14H,6-7,9H2,1H3. The Kier molecular flexibility index (Phi) is 5.12. The van der Waals surface area contributed by atoms with Crippen LogP contribution in [0.5, 0.6) is 0 Å². The summed E-state index contributed by atoms with van der Waals surface area (Å²) in [5.41, 5.74) is 0. The minimum Gasteiger partial charge on any atom is -0.319 e. The number of hydrogen-bond acceptors (Lipinski definition) is 5. The third kappa shape index (κ3) is 4.12. The number of rotatable bonds is 7. The fourth-order valence-electron chi connectivity index (χ4n) is 1.54. The van der Waals surface area contributed by atoms with Crippen LogP contribution >= 0.6 is 22.7 Å². The van der Waals surface area contributed by atoms with Crippen LogP contribution in [0.3, 0.4) is 0 Å². The van der Waals surface area contributed by atoms with E-state index in [2.05, 4.69) is 10.0 Å². The molecule has 0 spiro atoms. The molecule has 0 atom stereocenters. The Labute approximate surface area is 121 Å². The third-order valence-corrected chi connectivity index (χ3v) is 6.45. The molecule has 4 nitrogen and oxygen atoms in total. The average molecular weight is 316 g/mol. The van der Waals surface area contributed by atoms with E-state index in [1.54, 1.807) is 17.4 Å². The van der Waals surface area contributed by atoms with E-state index in [4.69, 9.17) is 0 Å². The van der Waals surface area contributed by atoms with Crippen molar-refractivity contribution >= 4 is 32.7 Å². The molecule has 0 saturated carbocycles. The molecule has 0 aromatic carbocycles. The van der Waals surface area contributed by atoms with Gasteiger partial charge in [0.15, 0.2) is 0 Å². The fourth-order valence-corrected chi connectivity index (χ4v) is 4.68. The van der Waals surface area contributed by atoms with Gasteiger partial charge in [0.05, 0.1) is 0 Å². The maximum Gasteiger partial charge on any atom is 0.250 e. The van der Waals surface area contributed by atoms with Gasteiger partial charge in [-0.25, -0.2) is 13.1 Å². The second-order valence-electron chi connectivity index (χ2n) is 3.98. The Hall–Kier alpha value is -0.730. The van der Waals surface area contributed by atoms with Crippen LogP contribution in [0.1, 0.15) is 9.75 Å². The zero-order valence-corrected chi connectivity index (χ0v) is 13.0. The van der Waals surface area contributed by atoms with Gasteiger partial charge in [0.25, 0.3) is 0 Å². The lowest BCUT2D eigenvalue weighted by Gasteiger charge is -2.02. The van der Waals surface area contributed by atoms with E-state index < -0.39 is 10.0 Å². The SMILES string of the molecule is CNCCc1ccc(S(=O)(=O)NCc2cccs2)s1. The summed E-state index contributed by atoms with van der Waals surface area (Å²) >= 11 is 2.87. The molecule has 0 amide bonds. The summed E-state index contributed by atoms with van der Waals surface area (Å²) in [6.45, 7) is 1.20. The van der Waals surface area contributed by atoms with E-state index in [1.807, 2.05) is 30.6 Å². The summed E-state index contributed by atoms with van der Waals surface area (Å²) < 4.78 is 27.2. The first kappa shape index (κ1) is 14.7. The Bertz CT molecular complexity index is 603. The smallest absolute Gasteiger partial charge is 0.250 e. The highest BCUT2D eigenvalue weighted by atomic mass is 32.2. The molecule has 2 rings (SSSR count). The highest BCUT2D eigenvalue weighted by Gasteiger charge is 2.16. The van der Waals surface area contributed by atoms with E-state index in [0.29, 0.717) is 10.8 Å². The predicted octanol–water partition coefficient (Wildman–Crippen LogP) is 2.05. The summed E-state index contributed by atoms with van der Waals surface area (Å²) in [7, 11) is -1.50. The highest BCUT2D eigenvalue weighted by Crippen LogP contribution is 2.22. The van der Waals surface area contributed by atoms with Crippen molar-refractivity contribution in [1.82, 2.24) is 10.0 Å². The van der Waals surface area contributed by atoms with Crippen LogP contribution in [0.15, 0.2) is 33.9 Å². The molecule has 0 fully saturated rings. The molecular formula is C12H16N2O2S3. The first-order valence-electron chi connectivity index (χ1n) is 5.87. The molecule has 19 heavy (non-hydrogen) atoms. The zero-order valence-electron chi connectivity index (χ0n) is 10.5. The van der Waals surface area contributed by atoms with Crippen LogP contribution in [-0.2, 0) is 23.0 Å². The monoisotopic (exact) mass is 316 g/mol. The number of sulfonamides is 1. The van der Waals surface area contributed by atoms with Gasteiger partial charge in [0.1, 0.15) is 4.21 Å². The van der Waals surface area contributed by atoms with Gasteiger partial charge in [0.2, 0.25) is 10.0 Å². The first-order valence-corrected chi connectivity index (χ1v) is 9.05. The molecule has 2 aromatic heterocycles. The second kappa shape index (κ2) is 6.62. The molecule has 0 aliphatic carbocycles. The van der Waals surface area contributed by atoms with Crippen molar-refractivity contribution in [1.29, 1.82) is 0 Å². The van der Waals surface area contributed by atoms with Gasteiger partial charge in [-0.3, -0.25) is 0 Å². The van der Waals surface area contributed by atoms with Gasteiger partial charge in [0, 0.05) is 16.3 Å². The lowest BCUT2D eigenvalue weighted by molar-refractivity contribution is 0.584. The van der Waals surface area contributed by atoms with Crippen molar-refractivity contribution < 1.29 is 8.42 Å². The molecule has 2 heterocycles. The minimum absolute atomic E-state index is 0.351. The maximum atomic E-state index is 12.1. The molecule has 0 radical (unpaired) electrons. The average Bonchev–Trinajstić information content (AvgIpc) is 3.05. The molecule has 2 aromatic rings. The normalized spacial score (nSPS) is 11.8. The van der Waals surface area contributed by atoms with E-state index in [9.17, 15) is 8.42 Å². The lowest BCUT2D eigenvalue weighted by atomic mass is 10.3. The fraction of sp³-hybridized carbons (Fsp3) is 0.333. The zero-order chi connectivity index (χ0) is 13.7. The largest absolute Gasteiger partial charge is 0.319 e. The summed E-state index contributed by atoms with van der Waals surface area (Å²) in [4.78, 5) is 2.08.